The van der Waals surface area contributed by atoms with Crippen LogP contribution in [0.3, 0.4) is 0 Å². The molecule has 0 saturated heterocycles. The Balaban J connectivity index is 1.54. The van der Waals surface area contributed by atoms with E-state index in [0.717, 1.165) is 44.9 Å². The Hall–Kier alpha value is 0.0300. The van der Waals surface area contributed by atoms with Gasteiger partial charge in [0.2, 0.25) is 0 Å². The topological polar surface area (TPSA) is 107 Å². The minimum Gasteiger partial charge on any atom is -0.390 e. The summed E-state index contributed by atoms with van der Waals surface area (Å²) in [5, 5.41) is 21.7. The van der Waals surface area contributed by atoms with E-state index in [1.807, 2.05) is 0 Å². The number of phosphoric acid groups is 1. The first-order chi connectivity index (χ1) is 12.9. The minimum atomic E-state index is -4.43. The van der Waals surface area contributed by atoms with E-state index in [4.69, 9.17) is 4.52 Å². The zero-order valence-corrected chi connectivity index (χ0v) is 18.3. The van der Waals surface area contributed by atoms with Crippen LogP contribution in [-0.4, -0.2) is 37.8 Å². The second-order valence-corrected chi connectivity index (χ2v) is 11.9. The molecule has 0 aliphatic heterocycles. The maximum Gasteiger partial charge on any atom is 0.469 e. The number of phosphoric ester groups is 1. The number of aliphatic hydroxyl groups is 2. The van der Waals surface area contributed by atoms with Gasteiger partial charge >= 0.3 is 7.82 Å². The molecule has 9 atom stereocenters. The molecule has 162 valence electrons. The maximum absolute atomic E-state index is 11.3. The lowest BCUT2D eigenvalue weighted by molar-refractivity contribution is -0.186. The number of rotatable bonds is 3. The predicted molar refractivity (Wildman–Crippen MR) is 105 cm³/mol. The third-order valence-corrected chi connectivity index (χ3v) is 10.4. The number of fused-ring (bicyclic) bond motifs is 5. The van der Waals surface area contributed by atoms with Crippen LogP contribution in [0.15, 0.2) is 0 Å². The molecule has 4 saturated carbocycles. The fourth-order valence-corrected chi connectivity index (χ4v) is 8.83. The third-order valence-electron chi connectivity index (χ3n) is 9.81. The van der Waals surface area contributed by atoms with E-state index < -0.39 is 19.5 Å². The van der Waals surface area contributed by atoms with Gasteiger partial charge in [0.1, 0.15) is 0 Å². The van der Waals surface area contributed by atoms with Crippen molar-refractivity contribution in [2.75, 3.05) is 0 Å². The zero-order valence-electron chi connectivity index (χ0n) is 17.4. The van der Waals surface area contributed by atoms with Gasteiger partial charge in [0.05, 0.1) is 17.8 Å². The molecule has 4 rings (SSSR count). The van der Waals surface area contributed by atoms with Gasteiger partial charge in [0.15, 0.2) is 0 Å². The van der Waals surface area contributed by atoms with Crippen molar-refractivity contribution in [2.24, 2.45) is 34.5 Å². The SMILES string of the molecule is C[C@@H](O)[C@@]1(O)CC[C@H]2[C@@H]3CCC4C[C@H](OP(=O)(O)O)CC[C@]4(C)[C@H]3CC[C@@]21C. The standard InChI is InChI=1S/C21H37O6P/c1-13(22)21(23)11-8-18-16-5-4-14-12-15(27-28(24,25)26)6-9-19(14,2)17(16)7-10-20(18,21)3/h13-18,22-23H,4-12H2,1-3H3,(H2,24,25,26)/t13-,14?,15-,16-,17+,18+,19+,20+,21+/m1/s1. The average molecular weight is 416 g/mol. The summed E-state index contributed by atoms with van der Waals surface area (Å²) in [6, 6.07) is 0. The molecule has 0 heterocycles. The highest BCUT2D eigenvalue weighted by atomic mass is 31.2. The Bertz CT molecular complexity index is 663. The fourth-order valence-electron chi connectivity index (χ4n) is 8.25. The van der Waals surface area contributed by atoms with Crippen LogP contribution in [0.2, 0.25) is 0 Å². The molecule has 4 N–H and O–H groups in total. The van der Waals surface area contributed by atoms with Crippen LogP contribution in [0.5, 0.6) is 0 Å². The van der Waals surface area contributed by atoms with Crippen LogP contribution in [0.4, 0.5) is 0 Å². The molecule has 0 bridgehead atoms. The second kappa shape index (κ2) is 6.77. The molecule has 0 spiro atoms. The molecule has 1 unspecified atom stereocenters. The van der Waals surface area contributed by atoms with Crippen molar-refractivity contribution in [2.45, 2.75) is 96.4 Å². The van der Waals surface area contributed by atoms with E-state index in [1.54, 1.807) is 6.92 Å². The van der Waals surface area contributed by atoms with Crippen LogP contribution < -0.4 is 0 Å². The first kappa shape index (κ1) is 21.3. The van der Waals surface area contributed by atoms with Crippen molar-refractivity contribution in [3.63, 3.8) is 0 Å². The Morgan fingerprint density at radius 1 is 1.00 bits per heavy atom. The molecule has 6 nitrogen and oxygen atoms in total. The number of aliphatic hydroxyl groups excluding tert-OH is 1. The Morgan fingerprint density at radius 2 is 1.68 bits per heavy atom. The van der Waals surface area contributed by atoms with Gasteiger partial charge in [-0.15, -0.1) is 0 Å². The summed E-state index contributed by atoms with van der Waals surface area (Å²) < 4.78 is 16.3. The van der Waals surface area contributed by atoms with Crippen LogP contribution in [0, 0.1) is 34.5 Å². The van der Waals surface area contributed by atoms with Crippen molar-refractivity contribution >= 4 is 7.82 Å². The van der Waals surface area contributed by atoms with Crippen LogP contribution in [0.1, 0.15) is 78.6 Å². The van der Waals surface area contributed by atoms with Gasteiger partial charge in [0.25, 0.3) is 0 Å². The molecule has 0 aromatic heterocycles. The number of hydrogen-bond donors (Lipinski definition) is 4. The molecule has 7 heteroatoms. The predicted octanol–water partition coefficient (Wildman–Crippen LogP) is 3.62. The fraction of sp³-hybridized carbons (Fsp3) is 1.00. The molecule has 28 heavy (non-hydrogen) atoms. The van der Waals surface area contributed by atoms with Gasteiger partial charge in [-0.05, 0) is 93.8 Å². The van der Waals surface area contributed by atoms with E-state index in [-0.39, 0.29) is 16.9 Å². The summed E-state index contributed by atoms with van der Waals surface area (Å²) >= 11 is 0. The quantitative estimate of drug-likeness (QED) is 0.524. The average Bonchev–Trinajstić information content (AvgIpc) is 2.87. The second-order valence-electron chi connectivity index (χ2n) is 10.7. The van der Waals surface area contributed by atoms with Gasteiger partial charge < -0.3 is 20.0 Å². The Labute approximate surface area is 168 Å². The van der Waals surface area contributed by atoms with Gasteiger partial charge in [-0.1, -0.05) is 13.8 Å². The van der Waals surface area contributed by atoms with E-state index in [2.05, 4.69) is 13.8 Å². The van der Waals surface area contributed by atoms with Crippen molar-refractivity contribution in [1.82, 2.24) is 0 Å². The van der Waals surface area contributed by atoms with Crippen LogP contribution >= 0.6 is 7.82 Å². The summed E-state index contributed by atoms with van der Waals surface area (Å²) in [6.45, 7) is 6.33. The van der Waals surface area contributed by atoms with Crippen molar-refractivity contribution in [3.05, 3.63) is 0 Å². The summed E-state index contributed by atoms with van der Waals surface area (Å²) in [6.07, 6.45) is 7.24. The summed E-state index contributed by atoms with van der Waals surface area (Å²) in [7, 11) is -4.43. The first-order valence-electron chi connectivity index (χ1n) is 11.0. The van der Waals surface area contributed by atoms with Gasteiger partial charge in [-0.25, -0.2) is 4.57 Å². The molecular formula is C21H37O6P. The molecular weight excluding hydrogens is 379 g/mol. The van der Waals surface area contributed by atoms with E-state index in [9.17, 15) is 24.6 Å². The lowest BCUT2D eigenvalue weighted by Gasteiger charge is -2.62. The van der Waals surface area contributed by atoms with Gasteiger partial charge in [0, 0.05) is 5.41 Å². The van der Waals surface area contributed by atoms with E-state index in [1.165, 1.54) is 0 Å². The molecule has 4 fully saturated rings. The number of hydrogen-bond acceptors (Lipinski definition) is 4. The highest BCUT2D eigenvalue weighted by Crippen LogP contribution is 2.69. The maximum atomic E-state index is 11.3. The molecule has 0 radical (unpaired) electrons. The van der Waals surface area contributed by atoms with Crippen molar-refractivity contribution < 1.29 is 29.1 Å². The van der Waals surface area contributed by atoms with Gasteiger partial charge in [-0.2, -0.15) is 0 Å². The highest BCUT2D eigenvalue weighted by molar-refractivity contribution is 7.46. The van der Waals surface area contributed by atoms with Gasteiger partial charge in [-0.3, -0.25) is 4.52 Å². The monoisotopic (exact) mass is 416 g/mol. The largest absolute Gasteiger partial charge is 0.469 e. The third kappa shape index (κ3) is 3.06. The summed E-state index contributed by atoms with van der Waals surface area (Å²) in [4.78, 5) is 18.4. The van der Waals surface area contributed by atoms with E-state index in [0.29, 0.717) is 36.5 Å². The first-order valence-corrected chi connectivity index (χ1v) is 12.6. The normalized spacial score (nSPS) is 52.5. The lowest BCUT2D eigenvalue weighted by Crippen LogP contribution is -2.59. The molecule has 4 aliphatic carbocycles. The molecule has 0 aromatic rings. The smallest absolute Gasteiger partial charge is 0.390 e. The lowest BCUT2D eigenvalue weighted by atomic mass is 9.44. The summed E-state index contributed by atoms with van der Waals surface area (Å²) in [5.74, 6) is 2.07. The Morgan fingerprint density at radius 3 is 2.32 bits per heavy atom. The molecule has 0 aromatic carbocycles. The Kier molecular flexibility index (Phi) is 5.14. The zero-order chi connectivity index (χ0) is 20.5. The molecule has 4 aliphatic rings. The van der Waals surface area contributed by atoms with Crippen LogP contribution in [0.25, 0.3) is 0 Å². The molecule has 0 amide bonds. The minimum absolute atomic E-state index is 0.185. The van der Waals surface area contributed by atoms with E-state index >= 15 is 0 Å². The van der Waals surface area contributed by atoms with Crippen molar-refractivity contribution in [1.29, 1.82) is 0 Å². The van der Waals surface area contributed by atoms with Crippen molar-refractivity contribution in [3.8, 4) is 0 Å². The van der Waals surface area contributed by atoms with Crippen LogP contribution in [-0.2, 0) is 9.09 Å². The summed E-state index contributed by atoms with van der Waals surface area (Å²) in [5.41, 5.74) is -1.01. The highest BCUT2D eigenvalue weighted by Gasteiger charge is 2.65.